The van der Waals surface area contributed by atoms with Gasteiger partial charge in [-0.1, -0.05) is 36.4 Å². The van der Waals surface area contributed by atoms with Crippen molar-refractivity contribution in [2.24, 2.45) is 4.99 Å². The first-order chi connectivity index (χ1) is 19.4. The second-order valence-electron chi connectivity index (χ2n) is 9.65. The number of aromatic nitrogens is 1. The molecule has 1 aromatic heterocycles. The maximum atomic E-state index is 12.9. The van der Waals surface area contributed by atoms with Gasteiger partial charge >= 0.3 is 5.97 Å². The standard InChI is InChI=1S/C31H33N5O4/c1-3-40-31(39)22-9-14-25-26(19-22)34-30(38)28(25)29(21-7-5-4-6-8-21)33-23-10-12-24(13-11-23)35(2)27(37)20-36-17-15-32-16-18-36/h4-14,19,32,34,38H,3,15-18,20H2,1-2H3. The summed E-state index contributed by atoms with van der Waals surface area (Å²) < 4.78 is 5.12. The van der Waals surface area contributed by atoms with Gasteiger partial charge < -0.3 is 25.0 Å². The molecule has 0 saturated carbocycles. The number of amides is 1. The summed E-state index contributed by atoms with van der Waals surface area (Å²) in [6.45, 7) is 5.93. The number of rotatable bonds is 8. The van der Waals surface area contributed by atoms with Gasteiger partial charge in [-0.15, -0.1) is 0 Å². The Kier molecular flexibility index (Phi) is 8.23. The van der Waals surface area contributed by atoms with Crippen LogP contribution in [0, 0.1) is 0 Å². The lowest BCUT2D eigenvalue weighted by molar-refractivity contribution is -0.119. The summed E-state index contributed by atoms with van der Waals surface area (Å²) in [5, 5.41) is 15.0. The third kappa shape index (κ3) is 5.90. The molecule has 9 nitrogen and oxygen atoms in total. The lowest BCUT2D eigenvalue weighted by Crippen LogP contribution is -2.47. The van der Waals surface area contributed by atoms with E-state index in [9.17, 15) is 14.7 Å². The SMILES string of the molecule is CCOC(=O)c1ccc2c(C(=Nc3ccc(N(C)C(=O)CN4CCNCC4)cc3)c3ccccc3)c(O)[nH]c2c1. The third-order valence-electron chi connectivity index (χ3n) is 6.99. The van der Waals surface area contributed by atoms with E-state index in [1.165, 1.54) is 0 Å². The van der Waals surface area contributed by atoms with Crippen molar-refractivity contribution in [2.75, 3.05) is 51.3 Å². The summed E-state index contributed by atoms with van der Waals surface area (Å²) in [5.41, 5.74) is 4.37. The molecule has 0 aliphatic carbocycles. The summed E-state index contributed by atoms with van der Waals surface area (Å²) in [6, 6.07) is 22.2. The minimum atomic E-state index is -0.423. The predicted molar refractivity (Wildman–Crippen MR) is 157 cm³/mol. The molecule has 5 rings (SSSR count). The van der Waals surface area contributed by atoms with E-state index in [4.69, 9.17) is 9.73 Å². The molecule has 0 unspecified atom stereocenters. The largest absolute Gasteiger partial charge is 0.494 e. The minimum Gasteiger partial charge on any atom is -0.494 e. The number of carbonyl (C=O) groups excluding carboxylic acids is 2. The summed E-state index contributed by atoms with van der Waals surface area (Å²) in [7, 11) is 1.78. The van der Waals surface area contributed by atoms with Crippen molar-refractivity contribution in [1.29, 1.82) is 0 Å². The van der Waals surface area contributed by atoms with Crippen LogP contribution in [-0.2, 0) is 9.53 Å². The lowest BCUT2D eigenvalue weighted by Gasteiger charge is -2.28. The molecule has 40 heavy (non-hydrogen) atoms. The number of hydrogen-bond acceptors (Lipinski definition) is 7. The first-order valence-electron chi connectivity index (χ1n) is 13.4. The topological polar surface area (TPSA) is 110 Å². The normalized spacial score (nSPS) is 14.3. The molecule has 1 aliphatic heterocycles. The Labute approximate surface area is 233 Å². The molecule has 0 bridgehead atoms. The van der Waals surface area contributed by atoms with E-state index >= 15 is 0 Å². The van der Waals surface area contributed by atoms with Crippen LogP contribution in [0.15, 0.2) is 77.8 Å². The van der Waals surface area contributed by atoms with Crippen molar-refractivity contribution in [3.63, 3.8) is 0 Å². The van der Waals surface area contributed by atoms with Crippen LogP contribution in [0.2, 0.25) is 0 Å². The Balaban J connectivity index is 1.46. The van der Waals surface area contributed by atoms with E-state index in [-0.39, 0.29) is 18.4 Å². The molecule has 1 saturated heterocycles. The molecule has 4 aromatic rings. The van der Waals surface area contributed by atoms with E-state index in [1.54, 1.807) is 37.1 Å². The van der Waals surface area contributed by atoms with E-state index in [0.717, 1.165) is 42.8 Å². The smallest absolute Gasteiger partial charge is 0.338 e. The summed E-state index contributed by atoms with van der Waals surface area (Å²) >= 11 is 0. The van der Waals surface area contributed by atoms with Gasteiger partial charge in [0.2, 0.25) is 5.91 Å². The van der Waals surface area contributed by atoms with Gasteiger partial charge in [0.1, 0.15) is 0 Å². The highest BCUT2D eigenvalue weighted by molar-refractivity contribution is 6.22. The molecule has 0 spiro atoms. The zero-order chi connectivity index (χ0) is 28.1. The number of fused-ring (bicyclic) bond motifs is 1. The Morgan fingerprint density at radius 1 is 1.00 bits per heavy atom. The number of carbonyl (C=O) groups is 2. The van der Waals surface area contributed by atoms with E-state index in [0.29, 0.717) is 34.6 Å². The van der Waals surface area contributed by atoms with Crippen LogP contribution in [-0.4, -0.2) is 79.0 Å². The molecule has 3 aromatic carbocycles. The molecule has 0 atom stereocenters. The van der Waals surface area contributed by atoms with Crippen molar-refractivity contribution in [2.45, 2.75) is 6.92 Å². The van der Waals surface area contributed by atoms with Crippen LogP contribution in [0.25, 0.3) is 10.9 Å². The van der Waals surface area contributed by atoms with Gasteiger partial charge in [0, 0.05) is 55.4 Å². The molecule has 2 heterocycles. The van der Waals surface area contributed by atoms with Crippen LogP contribution in [0.4, 0.5) is 11.4 Å². The average molecular weight is 540 g/mol. The quantitative estimate of drug-likeness (QED) is 0.230. The number of H-pyrrole nitrogens is 1. The number of esters is 1. The van der Waals surface area contributed by atoms with Crippen molar-refractivity contribution in [3.8, 4) is 5.88 Å². The van der Waals surface area contributed by atoms with Crippen molar-refractivity contribution in [1.82, 2.24) is 15.2 Å². The lowest BCUT2D eigenvalue weighted by atomic mass is 10.00. The Hall–Kier alpha value is -4.47. The summed E-state index contributed by atoms with van der Waals surface area (Å²) in [6.07, 6.45) is 0. The molecule has 1 fully saturated rings. The fourth-order valence-electron chi connectivity index (χ4n) is 4.82. The number of aromatic hydroxyl groups is 1. The third-order valence-corrected chi connectivity index (χ3v) is 6.99. The zero-order valence-corrected chi connectivity index (χ0v) is 22.7. The number of benzene rings is 3. The summed E-state index contributed by atoms with van der Waals surface area (Å²) in [5.74, 6) is -0.434. The van der Waals surface area contributed by atoms with Gasteiger partial charge in [-0.05, 0) is 43.3 Å². The number of hydrogen-bond donors (Lipinski definition) is 3. The van der Waals surface area contributed by atoms with E-state index < -0.39 is 5.97 Å². The second kappa shape index (κ2) is 12.1. The van der Waals surface area contributed by atoms with E-state index in [2.05, 4.69) is 15.2 Å². The fraction of sp³-hybridized carbons (Fsp3) is 0.258. The van der Waals surface area contributed by atoms with Gasteiger partial charge in [-0.2, -0.15) is 0 Å². The molecule has 3 N–H and O–H groups in total. The minimum absolute atomic E-state index is 0.0361. The number of likely N-dealkylation sites (N-methyl/N-ethyl adjacent to an activating group) is 1. The van der Waals surface area contributed by atoms with E-state index in [1.807, 2.05) is 54.6 Å². The highest BCUT2D eigenvalue weighted by atomic mass is 16.5. The average Bonchev–Trinajstić information content (AvgIpc) is 3.31. The Bertz CT molecular complexity index is 1520. The van der Waals surface area contributed by atoms with Gasteiger partial charge in [0.25, 0.3) is 0 Å². The number of nitrogens with zero attached hydrogens (tertiary/aromatic N) is 3. The van der Waals surface area contributed by atoms with Crippen LogP contribution < -0.4 is 10.2 Å². The molecule has 9 heteroatoms. The molecule has 1 amide bonds. The predicted octanol–water partition coefficient (Wildman–Crippen LogP) is 4.09. The molecule has 1 aliphatic rings. The maximum absolute atomic E-state index is 12.9. The first-order valence-corrected chi connectivity index (χ1v) is 13.4. The Morgan fingerprint density at radius 2 is 1.73 bits per heavy atom. The van der Waals surface area contributed by atoms with Gasteiger partial charge in [0.15, 0.2) is 5.88 Å². The number of piperazine rings is 1. The maximum Gasteiger partial charge on any atom is 0.338 e. The molecular weight excluding hydrogens is 506 g/mol. The number of aromatic amines is 1. The second-order valence-corrected chi connectivity index (χ2v) is 9.65. The van der Waals surface area contributed by atoms with Crippen LogP contribution >= 0.6 is 0 Å². The number of ether oxygens (including phenoxy) is 1. The van der Waals surface area contributed by atoms with Crippen LogP contribution in [0.5, 0.6) is 5.88 Å². The first kappa shape index (κ1) is 27.1. The number of nitrogens with one attached hydrogen (secondary N) is 2. The highest BCUT2D eigenvalue weighted by Gasteiger charge is 2.21. The number of aliphatic imine (C=N–C) groups is 1. The molecule has 0 radical (unpaired) electrons. The van der Waals surface area contributed by atoms with Crippen LogP contribution in [0.1, 0.15) is 28.4 Å². The van der Waals surface area contributed by atoms with Gasteiger partial charge in [-0.25, -0.2) is 9.79 Å². The fourth-order valence-corrected chi connectivity index (χ4v) is 4.82. The van der Waals surface area contributed by atoms with Gasteiger partial charge in [0.05, 0.1) is 35.7 Å². The summed E-state index contributed by atoms with van der Waals surface area (Å²) in [4.78, 5) is 36.8. The zero-order valence-electron chi connectivity index (χ0n) is 22.7. The van der Waals surface area contributed by atoms with Gasteiger partial charge in [-0.3, -0.25) is 9.69 Å². The van der Waals surface area contributed by atoms with Crippen molar-refractivity contribution in [3.05, 3.63) is 89.5 Å². The molecular formula is C31H33N5O4. The van der Waals surface area contributed by atoms with Crippen molar-refractivity contribution < 1.29 is 19.4 Å². The number of anilines is 1. The van der Waals surface area contributed by atoms with Crippen LogP contribution in [0.3, 0.4) is 0 Å². The van der Waals surface area contributed by atoms with Crippen molar-refractivity contribution >= 4 is 39.9 Å². The highest BCUT2D eigenvalue weighted by Crippen LogP contribution is 2.32. The Morgan fingerprint density at radius 3 is 2.42 bits per heavy atom. The molecule has 206 valence electrons. The monoisotopic (exact) mass is 539 g/mol.